The molecule has 0 saturated heterocycles. The summed E-state index contributed by atoms with van der Waals surface area (Å²) >= 11 is 0. The molecule has 11 heavy (non-hydrogen) atoms. The van der Waals surface area contributed by atoms with Gasteiger partial charge in [-0.1, -0.05) is 19.3 Å². The molecule has 62 valence electrons. The second-order valence-electron chi connectivity index (χ2n) is 2.95. The van der Waals surface area contributed by atoms with Gasteiger partial charge >= 0.3 is 0 Å². The fraction of sp³-hybridized carbons (Fsp3) is 0.778. The third-order valence-corrected chi connectivity index (χ3v) is 2.18. The van der Waals surface area contributed by atoms with Crippen molar-refractivity contribution in [1.82, 2.24) is 0 Å². The number of hydrogen-bond donors (Lipinski definition) is 0. The van der Waals surface area contributed by atoms with Gasteiger partial charge in [-0.3, -0.25) is 4.79 Å². The third-order valence-electron chi connectivity index (χ3n) is 2.18. The van der Waals surface area contributed by atoms with Crippen molar-refractivity contribution in [2.45, 2.75) is 39.0 Å². The predicted molar refractivity (Wildman–Crippen MR) is 43.9 cm³/mol. The van der Waals surface area contributed by atoms with Gasteiger partial charge < -0.3 is 0 Å². The van der Waals surface area contributed by atoms with E-state index in [0.29, 0.717) is 11.7 Å². The lowest BCUT2D eigenvalue weighted by molar-refractivity contribution is -0.121. The Hall–Kier alpha value is -0.840. The van der Waals surface area contributed by atoms with Crippen molar-refractivity contribution < 1.29 is 4.79 Å². The van der Waals surface area contributed by atoms with E-state index >= 15 is 0 Å². The topological polar surface area (TPSA) is 40.9 Å². The van der Waals surface area contributed by atoms with Crippen LogP contribution in [0.3, 0.4) is 0 Å². The molecule has 1 aliphatic carbocycles. The van der Waals surface area contributed by atoms with Crippen LogP contribution in [-0.4, -0.2) is 5.78 Å². The number of carbonyl (C=O) groups is 1. The summed E-state index contributed by atoms with van der Waals surface area (Å²) < 4.78 is 0. The molecule has 0 atom stereocenters. The molecule has 0 heterocycles. The van der Waals surface area contributed by atoms with Gasteiger partial charge in [0.2, 0.25) is 0 Å². The molecule has 0 aromatic carbocycles. The SMILES string of the molecule is C#N.CC(=O)C1CCCCC1. The maximum atomic E-state index is 10.8. The van der Waals surface area contributed by atoms with Crippen molar-refractivity contribution in [3.63, 3.8) is 0 Å². The monoisotopic (exact) mass is 153 g/mol. The molecule has 1 rings (SSSR count). The zero-order valence-corrected chi connectivity index (χ0v) is 7.05. The Morgan fingerprint density at radius 3 is 2.00 bits per heavy atom. The molecule has 0 spiro atoms. The number of nitrogens with zero attached hydrogens (tertiary/aromatic N) is 1. The van der Waals surface area contributed by atoms with Crippen LogP contribution in [0, 0.1) is 17.8 Å². The highest BCUT2D eigenvalue weighted by molar-refractivity contribution is 5.78. The molecule has 1 fully saturated rings. The van der Waals surface area contributed by atoms with E-state index in [-0.39, 0.29) is 0 Å². The first kappa shape index (κ1) is 10.2. The van der Waals surface area contributed by atoms with Crippen LogP contribution in [0.25, 0.3) is 0 Å². The first-order valence-corrected chi connectivity index (χ1v) is 4.07. The number of hydrogen-bond acceptors (Lipinski definition) is 2. The number of rotatable bonds is 1. The van der Waals surface area contributed by atoms with Crippen LogP contribution in [-0.2, 0) is 4.79 Å². The average Bonchev–Trinajstić information content (AvgIpc) is 2.10. The number of Topliss-reactive ketones (excluding diaryl/α,β-unsaturated/α-hetero) is 1. The summed E-state index contributed by atoms with van der Waals surface area (Å²) in [5.41, 5.74) is 0. The van der Waals surface area contributed by atoms with Gasteiger partial charge in [-0.15, -0.1) is 0 Å². The van der Waals surface area contributed by atoms with Crippen LogP contribution < -0.4 is 0 Å². The summed E-state index contributed by atoms with van der Waals surface area (Å²) in [7, 11) is 0. The highest BCUT2D eigenvalue weighted by atomic mass is 16.1. The molecule has 0 N–H and O–H groups in total. The lowest BCUT2D eigenvalue weighted by Crippen LogP contribution is -2.13. The predicted octanol–water partition coefficient (Wildman–Crippen LogP) is 2.30. The van der Waals surface area contributed by atoms with Crippen LogP contribution in [0.15, 0.2) is 0 Å². The van der Waals surface area contributed by atoms with E-state index in [2.05, 4.69) is 6.57 Å². The van der Waals surface area contributed by atoms with Crippen molar-refractivity contribution in [3.8, 4) is 6.57 Å². The Balaban J connectivity index is 0.000000461. The van der Waals surface area contributed by atoms with Crippen molar-refractivity contribution in [2.24, 2.45) is 5.92 Å². The molecule has 0 aliphatic heterocycles. The molecule has 1 saturated carbocycles. The Bertz CT molecular complexity index is 134. The van der Waals surface area contributed by atoms with Gasteiger partial charge in [0.1, 0.15) is 5.78 Å². The summed E-state index contributed by atoms with van der Waals surface area (Å²) in [6, 6.07) is 0. The first-order valence-electron chi connectivity index (χ1n) is 4.07. The molecular weight excluding hydrogens is 138 g/mol. The lowest BCUT2D eigenvalue weighted by atomic mass is 9.87. The molecule has 0 radical (unpaired) electrons. The van der Waals surface area contributed by atoms with E-state index in [9.17, 15) is 4.79 Å². The largest absolute Gasteiger partial charge is 0.300 e. The molecule has 0 bridgehead atoms. The van der Waals surface area contributed by atoms with Gasteiger partial charge in [0.05, 0.1) is 0 Å². The van der Waals surface area contributed by atoms with Gasteiger partial charge in [0, 0.05) is 12.5 Å². The Labute approximate surface area is 68.2 Å². The van der Waals surface area contributed by atoms with Gasteiger partial charge in [-0.05, 0) is 19.8 Å². The molecular formula is C9H15NO. The maximum Gasteiger partial charge on any atom is 0.132 e. The van der Waals surface area contributed by atoms with Crippen LogP contribution in [0.5, 0.6) is 0 Å². The van der Waals surface area contributed by atoms with E-state index in [1.54, 1.807) is 6.92 Å². The van der Waals surface area contributed by atoms with Gasteiger partial charge in [0.25, 0.3) is 0 Å². The lowest BCUT2D eigenvalue weighted by Gasteiger charge is -2.17. The summed E-state index contributed by atoms with van der Waals surface area (Å²) in [5, 5.41) is 6.50. The quantitative estimate of drug-likeness (QED) is 0.580. The van der Waals surface area contributed by atoms with Crippen molar-refractivity contribution >= 4 is 5.78 Å². The van der Waals surface area contributed by atoms with Crippen molar-refractivity contribution in [3.05, 3.63) is 0 Å². The van der Waals surface area contributed by atoms with Crippen molar-refractivity contribution in [1.29, 1.82) is 5.26 Å². The fourth-order valence-corrected chi connectivity index (χ4v) is 1.51. The molecule has 0 unspecified atom stereocenters. The minimum atomic E-state index is 0.398. The second kappa shape index (κ2) is 5.91. The van der Waals surface area contributed by atoms with Crippen LogP contribution in [0.2, 0.25) is 0 Å². The minimum Gasteiger partial charge on any atom is -0.300 e. The average molecular weight is 153 g/mol. The Morgan fingerprint density at radius 2 is 1.73 bits per heavy atom. The Morgan fingerprint density at radius 1 is 1.27 bits per heavy atom. The highest BCUT2D eigenvalue weighted by Crippen LogP contribution is 2.23. The van der Waals surface area contributed by atoms with E-state index < -0.39 is 0 Å². The molecule has 0 aromatic rings. The summed E-state index contributed by atoms with van der Waals surface area (Å²) in [5.74, 6) is 0.813. The summed E-state index contributed by atoms with van der Waals surface area (Å²) in [6.45, 7) is 5.22. The smallest absolute Gasteiger partial charge is 0.132 e. The third kappa shape index (κ3) is 3.77. The van der Waals surface area contributed by atoms with E-state index in [4.69, 9.17) is 5.26 Å². The van der Waals surface area contributed by atoms with Crippen LogP contribution in [0.4, 0.5) is 0 Å². The zero-order chi connectivity index (χ0) is 8.69. The highest BCUT2D eigenvalue weighted by Gasteiger charge is 2.16. The number of ketones is 1. The first-order chi connectivity index (χ1) is 5.30. The number of nitriles is 1. The summed E-state index contributed by atoms with van der Waals surface area (Å²) in [4.78, 5) is 10.8. The summed E-state index contributed by atoms with van der Waals surface area (Å²) in [6.07, 6.45) is 6.17. The fourth-order valence-electron chi connectivity index (χ4n) is 1.51. The van der Waals surface area contributed by atoms with E-state index in [1.165, 1.54) is 19.3 Å². The van der Waals surface area contributed by atoms with Crippen LogP contribution >= 0.6 is 0 Å². The molecule has 1 aliphatic rings. The molecule has 2 nitrogen and oxygen atoms in total. The normalized spacial score (nSPS) is 18.1. The zero-order valence-electron chi connectivity index (χ0n) is 7.05. The second-order valence-corrected chi connectivity index (χ2v) is 2.95. The minimum absolute atomic E-state index is 0.398. The van der Waals surface area contributed by atoms with Crippen molar-refractivity contribution in [2.75, 3.05) is 0 Å². The standard InChI is InChI=1S/C8H14O.CHN/c1-7(9)8-5-3-2-4-6-8;1-2/h8H,2-6H2,1H3;1H. The van der Waals surface area contributed by atoms with E-state index in [0.717, 1.165) is 12.8 Å². The molecule has 0 amide bonds. The van der Waals surface area contributed by atoms with E-state index in [1.807, 2.05) is 0 Å². The van der Waals surface area contributed by atoms with Crippen LogP contribution in [0.1, 0.15) is 39.0 Å². The van der Waals surface area contributed by atoms with Gasteiger partial charge in [-0.2, -0.15) is 0 Å². The van der Waals surface area contributed by atoms with Gasteiger partial charge in [0.15, 0.2) is 0 Å². The van der Waals surface area contributed by atoms with Gasteiger partial charge in [-0.25, -0.2) is 5.26 Å². The number of carbonyl (C=O) groups excluding carboxylic acids is 1. The molecule has 0 aromatic heterocycles. The molecule has 2 heteroatoms. The maximum absolute atomic E-state index is 10.8. The Kier molecular flexibility index (Phi) is 5.46.